The van der Waals surface area contributed by atoms with E-state index >= 15 is 0 Å². The monoisotopic (exact) mass is 293 g/mol. The van der Waals surface area contributed by atoms with Gasteiger partial charge in [0.05, 0.1) is 0 Å². The fourth-order valence-electron chi connectivity index (χ4n) is 1.64. The smallest absolute Gasteiger partial charge is 0.241 e. The van der Waals surface area contributed by atoms with Gasteiger partial charge in [0, 0.05) is 18.4 Å². The molecule has 0 spiro atoms. The van der Waals surface area contributed by atoms with Gasteiger partial charge in [-0.05, 0) is 24.9 Å². The third-order valence-corrected chi connectivity index (χ3v) is 3.58. The average Bonchev–Trinajstić information content (AvgIpc) is 2.92. The fraction of sp³-hybridized carbons (Fsp3) is 0.500. The van der Waals surface area contributed by atoms with Crippen LogP contribution in [0.1, 0.15) is 20.3 Å². The van der Waals surface area contributed by atoms with E-state index in [0.717, 1.165) is 17.9 Å². The van der Waals surface area contributed by atoms with Crippen molar-refractivity contribution in [3.63, 3.8) is 0 Å². The molecule has 2 rings (SSSR count). The van der Waals surface area contributed by atoms with Crippen molar-refractivity contribution in [2.75, 3.05) is 22.6 Å². The Labute approximate surface area is 122 Å². The Morgan fingerprint density at radius 2 is 2.25 bits per heavy atom. The van der Waals surface area contributed by atoms with Crippen molar-refractivity contribution in [2.45, 2.75) is 26.3 Å². The molecule has 20 heavy (non-hydrogen) atoms. The van der Waals surface area contributed by atoms with Gasteiger partial charge in [0.25, 0.3) is 0 Å². The number of anilines is 2. The SMILES string of the molecule is CCSCCC(C)Nc1nc(N)nc(-n2ccnc2)n1. The second-order valence-corrected chi connectivity index (χ2v) is 5.71. The minimum absolute atomic E-state index is 0.196. The highest BCUT2D eigenvalue weighted by molar-refractivity contribution is 7.99. The number of hydrogen-bond donors (Lipinski definition) is 2. The van der Waals surface area contributed by atoms with Gasteiger partial charge in [-0.25, -0.2) is 4.98 Å². The number of imidazole rings is 1. The van der Waals surface area contributed by atoms with Crippen LogP contribution in [0.2, 0.25) is 0 Å². The topological polar surface area (TPSA) is 94.5 Å². The van der Waals surface area contributed by atoms with Crippen LogP contribution in [0.15, 0.2) is 18.7 Å². The third kappa shape index (κ3) is 4.09. The first-order valence-electron chi connectivity index (χ1n) is 6.53. The Kier molecular flexibility index (Phi) is 5.16. The van der Waals surface area contributed by atoms with Gasteiger partial charge < -0.3 is 11.1 Å². The second kappa shape index (κ2) is 7.09. The minimum Gasteiger partial charge on any atom is -0.368 e. The van der Waals surface area contributed by atoms with E-state index in [1.165, 1.54) is 0 Å². The van der Waals surface area contributed by atoms with Crippen LogP contribution in [-0.4, -0.2) is 42.1 Å². The summed E-state index contributed by atoms with van der Waals surface area (Å²) in [5.74, 6) is 3.40. The van der Waals surface area contributed by atoms with Crippen molar-refractivity contribution < 1.29 is 0 Å². The highest BCUT2D eigenvalue weighted by Crippen LogP contribution is 2.10. The lowest BCUT2D eigenvalue weighted by molar-refractivity contribution is 0.754. The average molecular weight is 293 g/mol. The molecule has 0 amide bonds. The van der Waals surface area contributed by atoms with Crippen LogP contribution in [0.3, 0.4) is 0 Å². The van der Waals surface area contributed by atoms with E-state index in [-0.39, 0.29) is 12.0 Å². The van der Waals surface area contributed by atoms with Gasteiger partial charge in [-0.3, -0.25) is 4.57 Å². The van der Waals surface area contributed by atoms with E-state index in [1.807, 2.05) is 11.8 Å². The maximum absolute atomic E-state index is 5.72. The van der Waals surface area contributed by atoms with Gasteiger partial charge in [0.1, 0.15) is 6.33 Å². The zero-order chi connectivity index (χ0) is 14.4. The van der Waals surface area contributed by atoms with Crippen LogP contribution < -0.4 is 11.1 Å². The summed E-state index contributed by atoms with van der Waals surface area (Å²) in [7, 11) is 0. The zero-order valence-electron chi connectivity index (χ0n) is 11.7. The van der Waals surface area contributed by atoms with E-state index in [9.17, 15) is 0 Å². The molecular weight excluding hydrogens is 274 g/mol. The molecule has 2 aromatic heterocycles. The molecule has 8 heteroatoms. The lowest BCUT2D eigenvalue weighted by Crippen LogP contribution is -2.19. The first-order valence-corrected chi connectivity index (χ1v) is 7.68. The molecule has 0 radical (unpaired) electrons. The highest BCUT2D eigenvalue weighted by Gasteiger charge is 2.08. The summed E-state index contributed by atoms with van der Waals surface area (Å²) in [6.45, 7) is 4.26. The second-order valence-electron chi connectivity index (χ2n) is 4.32. The molecular formula is C12H19N7S. The number of hydrogen-bond acceptors (Lipinski definition) is 7. The van der Waals surface area contributed by atoms with Crippen molar-refractivity contribution in [3.8, 4) is 5.95 Å². The Balaban J connectivity index is 2.05. The molecule has 0 bridgehead atoms. The lowest BCUT2D eigenvalue weighted by Gasteiger charge is -2.14. The van der Waals surface area contributed by atoms with Gasteiger partial charge in [0.15, 0.2) is 0 Å². The predicted octanol–water partition coefficient (Wildman–Crippen LogP) is 1.58. The van der Waals surface area contributed by atoms with Gasteiger partial charge in [0.2, 0.25) is 17.8 Å². The molecule has 1 atom stereocenters. The van der Waals surface area contributed by atoms with E-state index in [4.69, 9.17) is 5.73 Å². The van der Waals surface area contributed by atoms with Gasteiger partial charge in [-0.1, -0.05) is 6.92 Å². The van der Waals surface area contributed by atoms with Gasteiger partial charge in [-0.2, -0.15) is 26.7 Å². The number of thioether (sulfide) groups is 1. The molecule has 108 valence electrons. The van der Waals surface area contributed by atoms with Crippen LogP contribution in [0, 0.1) is 0 Å². The van der Waals surface area contributed by atoms with Gasteiger partial charge in [-0.15, -0.1) is 0 Å². The summed E-state index contributed by atoms with van der Waals surface area (Å²) in [6.07, 6.45) is 6.10. The van der Waals surface area contributed by atoms with Crippen LogP contribution in [0.25, 0.3) is 5.95 Å². The normalized spacial score (nSPS) is 12.3. The first kappa shape index (κ1) is 14.6. The molecule has 2 aromatic rings. The lowest BCUT2D eigenvalue weighted by atomic mass is 10.3. The molecule has 2 heterocycles. The maximum Gasteiger partial charge on any atom is 0.241 e. The Bertz CT molecular complexity index is 529. The fourth-order valence-corrected chi connectivity index (χ4v) is 2.44. The third-order valence-electron chi connectivity index (χ3n) is 2.65. The van der Waals surface area contributed by atoms with Crippen LogP contribution in [-0.2, 0) is 0 Å². The number of nitrogen functional groups attached to an aromatic ring is 1. The Morgan fingerprint density at radius 1 is 1.40 bits per heavy atom. The summed E-state index contributed by atoms with van der Waals surface area (Å²) >= 11 is 1.92. The molecule has 7 nitrogen and oxygen atoms in total. The highest BCUT2D eigenvalue weighted by atomic mass is 32.2. The summed E-state index contributed by atoms with van der Waals surface area (Å²) < 4.78 is 1.70. The molecule has 0 aromatic carbocycles. The summed E-state index contributed by atoms with van der Waals surface area (Å²) in [5.41, 5.74) is 5.72. The molecule has 0 aliphatic heterocycles. The minimum atomic E-state index is 0.196. The molecule has 0 saturated heterocycles. The van der Waals surface area contributed by atoms with E-state index in [2.05, 4.69) is 39.1 Å². The molecule has 3 N–H and O–H groups in total. The summed E-state index contributed by atoms with van der Waals surface area (Å²) in [6, 6.07) is 0.284. The molecule has 0 aliphatic rings. The van der Waals surface area contributed by atoms with Gasteiger partial charge >= 0.3 is 0 Å². The molecule has 1 unspecified atom stereocenters. The van der Waals surface area contributed by atoms with Crippen molar-refractivity contribution in [1.82, 2.24) is 24.5 Å². The quantitative estimate of drug-likeness (QED) is 0.748. The van der Waals surface area contributed by atoms with Crippen molar-refractivity contribution in [1.29, 1.82) is 0 Å². The van der Waals surface area contributed by atoms with Crippen LogP contribution in [0.5, 0.6) is 0 Å². The van der Waals surface area contributed by atoms with Crippen LogP contribution >= 0.6 is 11.8 Å². The maximum atomic E-state index is 5.72. The number of rotatable bonds is 7. The van der Waals surface area contributed by atoms with Crippen molar-refractivity contribution in [3.05, 3.63) is 18.7 Å². The van der Waals surface area contributed by atoms with E-state index < -0.39 is 0 Å². The Hall–Kier alpha value is -1.83. The Morgan fingerprint density at radius 3 is 2.95 bits per heavy atom. The number of nitrogens with zero attached hydrogens (tertiary/aromatic N) is 5. The standard InChI is InChI=1S/C12H19N7S/c1-3-20-7-4-9(2)15-11-16-10(13)17-12(18-11)19-6-5-14-8-19/h5-6,8-9H,3-4,7H2,1-2H3,(H3,13,15,16,17,18). The first-order chi connectivity index (χ1) is 9.69. The zero-order valence-corrected chi connectivity index (χ0v) is 12.5. The molecule has 0 aliphatic carbocycles. The largest absolute Gasteiger partial charge is 0.368 e. The molecule has 0 saturated carbocycles. The van der Waals surface area contributed by atoms with E-state index in [1.54, 1.807) is 23.3 Å². The van der Waals surface area contributed by atoms with Crippen molar-refractivity contribution in [2.24, 2.45) is 0 Å². The van der Waals surface area contributed by atoms with E-state index in [0.29, 0.717) is 11.9 Å². The van der Waals surface area contributed by atoms with Crippen molar-refractivity contribution >= 4 is 23.7 Å². The summed E-state index contributed by atoms with van der Waals surface area (Å²) in [5, 5.41) is 3.25. The predicted molar refractivity (Wildman–Crippen MR) is 82.1 cm³/mol. The number of aromatic nitrogens is 5. The number of nitrogens with one attached hydrogen (secondary N) is 1. The van der Waals surface area contributed by atoms with Crippen LogP contribution in [0.4, 0.5) is 11.9 Å². The molecule has 0 fully saturated rings. The summed E-state index contributed by atoms with van der Waals surface area (Å²) in [4.78, 5) is 16.5. The number of nitrogens with two attached hydrogens (primary N) is 1.